The average Bonchev–Trinajstić information content (AvgIpc) is 2.47. The zero-order valence-corrected chi connectivity index (χ0v) is 6.47. The molecule has 0 amide bonds. The average molecular weight is 192 g/mol. The highest BCUT2D eigenvalue weighted by Crippen LogP contribution is 2.26. The Bertz CT molecular complexity index is 270. The van der Waals surface area contributed by atoms with Crippen LogP contribution in [0.3, 0.4) is 0 Å². The lowest BCUT2D eigenvalue weighted by Crippen LogP contribution is -2.48. The summed E-state index contributed by atoms with van der Waals surface area (Å²) in [6.07, 6.45) is -2.19. The molecule has 2 heterocycles. The molecule has 0 aromatic heterocycles. The third kappa shape index (κ3) is 1.41. The van der Waals surface area contributed by atoms with Gasteiger partial charge in [-0.15, -0.1) is 0 Å². The van der Waals surface area contributed by atoms with E-state index in [-0.39, 0.29) is 12.7 Å². The molecule has 2 aliphatic rings. The van der Waals surface area contributed by atoms with E-state index >= 15 is 0 Å². The van der Waals surface area contributed by atoms with Gasteiger partial charge in [0.2, 0.25) is 0 Å². The Morgan fingerprint density at radius 2 is 2.31 bits per heavy atom. The molecule has 2 N–H and O–H groups in total. The van der Waals surface area contributed by atoms with Crippen molar-refractivity contribution in [2.75, 3.05) is 6.54 Å². The highest BCUT2D eigenvalue weighted by Gasteiger charge is 2.38. The number of nitrogens with zero attached hydrogens (tertiary/aromatic N) is 2. The highest BCUT2D eigenvalue weighted by atomic mass is 19.4. The molecule has 7 heteroatoms. The summed E-state index contributed by atoms with van der Waals surface area (Å²) < 4.78 is 36.5. The number of hydrogen-bond donors (Lipinski definition) is 2. The van der Waals surface area contributed by atoms with Gasteiger partial charge in [-0.2, -0.15) is 18.3 Å². The fourth-order valence-corrected chi connectivity index (χ4v) is 1.18. The maximum Gasteiger partial charge on any atom is 0.432 e. The first kappa shape index (κ1) is 8.21. The lowest BCUT2D eigenvalue weighted by molar-refractivity contribution is -0.0994. The van der Waals surface area contributed by atoms with Crippen molar-refractivity contribution in [1.82, 2.24) is 15.6 Å². The van der Waals surface area contributed by atoms with Crippen LogP contribution in [0.25, 0.3) is 0 Å². The summed E-state index contributed by atoms with van der Waals surface area (Å²) in [5, 5.41) is 5.93. The summed E-state index contributed by atoms with van der Waals surface area (Å²) in [5.74, 6) is 0. The molecule has 72 valence electrons. The summed E-state index contributed by atoms with van der Waals surface area (Å²) in [4.78, 5) is 1.39. The molecule has 0 aromatic rings. The summed E-state index contributed by atoms with van der Waals surface area (Å²) >= 11 is 0. The van der Waals surface area contributed by atoms with E-state index in [1.807, 2.05) is 0 Å². The third-order valence-electron chi connectivity index (χ3n) is 1.84. The number of alkyl halides is 3. The molecule has 4 nitrogen and oxygen atoms in total. The molecule has 1 atom stereocenters. The van der Waals surface area contributed by atoms with Crippen molar-refractivity contribution in [1.29, 1.82) is 0 Å². The Labute approximate surface area is 72.1 Å². The smallest absolute Gasteiger partial charge is 0.376 e. The Balaban J connectivity index is 2.19. The minimum Gasteiger partial charge on any atom is -0.376 e. The second-order valence-corrected chi connectivity index (χ2v) is 2.76. The quantitative estimate of drug-likeness (QED) is 0.574. The van der Waals surface area contributed by atoms with E-state index in [0.717, 1.165) is 6.20 Å². The first-order valence-electron chi connectivity index (χ1n) is 3.66. The molecule has 0 fully saturated rings. The van der Waals surface area contributed by atoms with Crippen molar-refractivity contribution < 1.29 is 13.2 Å². The van der Waals surface area contributed by atoms with E-state index in [4.69, 9.17) is 0 Å². The predicted octanol–water partition coefficient (Wildman–Crippen LogP) is 0.168. The van der Waals surface area contributed by atoms with Gasteiger partial charge >= 0.3 is 6.18 Å². The fraction of sp³-hybridized carbons (Fsp3) is 0.500. The van der Waals surface area contributed by atoms with Gasteiger partial charge in [0, 0.05) is 6.20 Å². The maximum atomic E-state index is 12.2. The zero-order chi connectivity index (χ0) is 9.47. The van der Waals surface area contributed by atoms with E-state index in [0.29, 0.717) is 0 Å². The SMILES string of the molecule is FC(F)(F)C1=CN2C=NNC2CN1. The molecule has 0 radical (unpaired) electrons. The Morgan fingerprint density at radius 3 is 3.00 bits per heavy atom. The second kappa shape index (κ2) is 2.54. The molecule has 0 bridgehead atoms. The molecule has 2 aliphatic heterocycles. The van der Waals surface area contributed by atoms with E-state index in [9.17, 15) is 13.2 Å². The van der Waals surface area contributed by atoms with Crippen LogP contribution in [0.2, 0.25) is 0 Å². The van der Waals surface area contributed by atoms with Gasteiger partial charge in [0.1, 0.15) is 18.2 Å². The number of fused-ring (bicyclic) bond motifs is 1. The lowest BCUT2D eigenvalue weighted by Gasteiger charge is -2.28. The molecule has 0 saturated carbocycles. The molecule has 2 rings (SSSR count). The summed E-state index contributed by atoms with van der Waals surface area (Å²) in [5.41, 5.74) is 1.91. The minimum absolute atomic E-state index is 0.186. The Hall–Kier alpha value is -1.40. The topological polar surface area (TPSA) is 39.7 Å². The highest BCUT2D eigenvalue weighted by molar-refractivity contribution is 5.59. The van der Waals surface area contributed by atoms with E-state index in [1.54, 1.807) is 0 Å². The van der Waals surface area contributed by atoms with Crippen LogP contribution in [0.5, 0.6) is 0 Å². The minimum atomic E-state index is -4.32. The van der Waals surface area contributed by atoms with Gasteiger partial charge in [-0.25, -0.2) is 0 Å². The van der Waals surface area contributed by atoms with Crippen LogP contribution in [-0.2, 0) is 0 Å². The first-order chi connectivity index (χ1) is 6.07. The molecular formula is C6H7F3N4. The molecule has 0 aromatic carbocycles. The van der Waals surface area contributed by atoms with Crippen LogP contribution < -0.4 is 10.7 Å². The standard InChI is InChI=1S/C6H7F3N4/c7-6(8,9)4-2-13-3-11-12-5(13)1-10-4/h2-3,5,10,12H,1H2. The van der Waals surface area contributed by atoms with Crippen molar-refractivity contribution in [3.05, 3.63) is 11.9 Å². The van der Waals surface area contributed by atoms with Gasteiger partial charge in [-0.1, -0.05) is 0 Å². The molecule has 0 saturated heterocycles. The molecule has 1 unspecified atom stereocenters. The van der Waals surface area contributed by atoms with Gasteiger partial charge in [-0.05, 0) is 0 Å². The molecule has 13 heavy (non-hydrogen) atoms. The van der Waals surface area contributed by atoms with Crippen LogP contribution in [0.4, 0.5) is 13.2 Å². The van der Waals surface area contributed by atoms with E-state index < -0.39 is 11.9 Å². The van der Waals surface area contributed by atoms with Crippen molar-refractivity contribution in [2.24, 2.45) is 5.10 Å². The van der Waals surface area contributed by atoms with Crippen LogP contribution >= 0.6 is 0 Å². The summed E-state index contributed by atoms with van der Waals surface area (Å²) in [6.45, 7) is 0.186. The Kier molecular flexibility index (Phi) is 1.61. The van der Waals surface area contributed by atoms with Crippen LogP contribution in [0, 0.1) is 0 Å². The van der Waals surface area contributed by atoms with Gasteiger partial charge < -0.3 is 10.2 Å². The zero-order valence-electron chi connectivity index (χ0n) is 6.47. The van der Waals surface area contributed by atoms with Gasteiger partial charge in [0.05, 0.1) is 6.54 Å². The number of nitrogens with one attached hydrogen (secondary N) is 2. The number of hydrazone groups is 1. The van der Waals surface area contributed by atoms with Crippen LogP contribution in [0.15, 0.2) is 17.0 Å². The Morgan fingerprint density at radius 1 is 1.54 bits per heavy atom. The van der Waals surface area contributed by atoms with Crippen molar-refractivity contribution in [3.8, 4) is 0 Å². The first-order valence-corrected chi connectivity index (χ1v) is 3.66. The van der Waals surface area contributed by atoms with Crippen LogP contribution in [0.1, 0.15) is 0 Å². The van der Waals surface area contributed by atoms with Gasteiger partial charge in [0.15, 0.2) is 0 Å². The number of halogens is 3. The largest absolute Gasteiger partial charge is 0.432 e. The van der Waals surface area contributed by atoms with Gasteiger partial charge in [0.25, 0.3) is 0 Å². The van der Waals surface area contributed by atoms with Crippen LogP contribution in [-0.4, -0.2) is 30.1 Å². The second-order valence-electron chi connectivity index (χ2n) is 2.76. The van der Waals surface area contributed by atoms with Crippen molar-refractivity contribution in [3.63, 3.8) is 0 Å². The summed E-state index contributed by atoms with van der Waals surface area (Å²) in [7, 11) is 0. The lowest BCUT2D eigenvalue weighted by atomic mass is 10.3. The number of rotatable bonds is 0. The predicted molar refractivity (Wildman–Crippen MR) is 39.4 cm³/mol. The molecular weight excluding hydrogens is 185 g/mol. The van der Waals surface area contributed by atoms with E-state index in [1.165, 1.54) is 11.2 Å². The fourth-order valence-electron chi connectivity index (χ4n) is 1.18. The normalized spacial score (nSPS) is 26.2. The summed E-state index contributed by atoms with van der Waals surface area (Å²) in [6, 6.07) is 0. The third-order valence-corrected chi connectivity index (χ3v) is 1.84. The van der Waals surface area contributed by atoms with Crippen molar-refractivity contribution in [2.45, 2.75) is 12.3 Å². The molecule has 0 aliphatic carbocycles. The molecule has 0 spiro atoms. The van der Waals surface area contributed by atoms with Crippen molar-refractivity contribution >= 4 is 6.34 Å². The van der Waals surface area contributed by atoms with Gasteiger partial charge in [-0.3, -0.25) is 5.43 Å². The monoisotopic (exact) mass is 192 g/mol. The maximum absolute atomic E-state index is 12.2. The number of hydrogen-bond acceptors (Lipinski definition) is 4. The van der Waals surface area contributed by atoms with E-state index in [2.05, 4.69) is 15.8 Å². The number of allylic oxidation sites excluding steroid dienone is 1.